The minimum Gasteiger partial charge on any atom is -0.324 e. The summed E-state index contributed by atoms with van der Waals surface area (Å²) in [7, 11) is 0. The van der Waals surface area contributed by atoms with Gasteiger partial charge in [0.15, 0.2) is 0 Å². The van der Waals surface area contributed by atoms with Crippen molar-refractivity contribution in [2.75, 3.05) is 0 Å². The summed E-state index contributed by atoms with van der Waals surface area (Å²) in [5, 5.41) is 0. The van der Waals surface area contributed by atoms with Crippen molar-refractivity contribution in [2.24, 2.45) is 23.5 Å². The fraction of sp³-hybridized carbons (Fsp3) is 0.667. The third kappa shape index (κ3) is 2.76. The zero-order chi connectivity index (χ0) is 14.1. The predicted octanol–water partition coefficient (Wildman–Crippen LogP) is 4.74. The molecule has 1 aromatic rings. The van der Waals surface area contributed by atoms with Crippen molar-refractivity contribution in [2.45, 2.75) is 57.9 Å². The minimum atomic E-state index is -0.121. The first-order valence-electron chi connectivity index (χ1n) is 8.17. The molecule has 0 aliphatic heterocycles. The van der Waals surface area contributed by atoms with Gasteiger partial charge >= 0.3 is 0 Å². The highest BCUT2D eigenvalue weighted by Gasteiger charge is 2.34. The van der Waals surface area contributed by atoms with E-state index in [0.717, 1.165) is 17.4 Å². The molecular formula is C18H26FN. The average Bonchev–Trinajstić information content (AvgIpc) is 2.49. The molecule has 0 saturated heterocycles. The molecule has 20 heavy (non-hydrogen) atoms. The van der Waals surface area contributed by atoms with Gasteiger partial charge in [0.2, 0.25) is 0 Å². The maximum absolute atomic E-state index is 13.7. The van der Waals surface area contributed by atoms with Gasteiger partial charge in [-0.05, 0) is 61.1 Å². The summed E-state index contributed by atoms with van der Waals surface area (Å²) in [4.78, 5) is 0. The van der Waals surface area contributed by atoms with Gasteiger partial charge in [-0.1, -0.05) is 37.8 Å². The SMILES string of the molecule is Cc1ccc(C(N)C2CCC3CCCCC3C2)cc1F. The van der Waals surface area contributed by atoms with Crippen LogP contribution in [-0.4, -0.2) is 0 Å². The molecule has 0 bridgehead atoms. The van der Waals surface area contributed by atoms with Crippen LogP contribution in [0.15, 0.2) is 18.2 Å². The van der Waals surface area contributed by atoms with Gasteiger partial charge < -0.3 is 5.73 Å². The van der Waals surface area contributed by atoms with Crippen molar-refractivity contribution in [3.63, 3.8) is 0 Å². The summed E-state index contributed by atoms with van der Waals surface area (Å²) in [5.41, 5.74) is 8.13. The van der Waals surface area contributed by atoms with Crippen molar-refractivity contribution >= 4 is 0 Å². The van der Waals surface area contributed by atoms with Crippen molar-refractivity contribution in [1.29, 1.82) is 0 Å². The van der Waals surface area contributed by atoms with Crippen molar-refractivity contribution in [3.8, 4) is 0 Å². The first kappa shape index (κ1) is 14.1. The molecule has 0 heterocycles. The number of benzene rings is 1. The Balaban J connectivity index is 1.70. The average molecular weight is 275 g/mol. The van der Waals surface area contributed by atoms with Crippen LogP contribution in [0.5, 0.6) is 0 Å². The fourth-order valence-corrected chi connectivity index (χ4v) is 4.32. The van der Waals surface area contributed by atoms with Crippen LogP contribution < -0.4 is 5.73 Å². The number of hydrogen-bond acceptors (Lipinski definition) is 1. The molecular weight excluding hydrogens is 249 g/mol. The summed E-state index contributed by atoms with van der Waals surface area (Å²) < 4.78 is 13.7. The Morgan fingerprint density at radius 3 is 2.60 bits per heavy atom. The van der Waals surface area contributed by atoms with E-state index in [-0.39, 0.29) is 11.9 Å². The molecule has 2 aliphatic rings. The Hall–Kier alpha value is -0.890. The van der Waals surface area contributed by atoms with Gasteiger partial charge in [0.05, 0.1) is 0 Å². The molecule has 4 unspecified atom stereocenters. The van der Waals surface area contributed by atoms with Crippen LogP contribution in [0.4, 0.5) is 4.39 Å². The number of rotatable bonds is 2. The lowest BCUT2D eigenvalue weighted by Gasteiger charge is -2.41. The molecule has 2 N–H and O–H groups in total. The minimum absolute atomic E-state index is 0.00739. The summed E-state index contributed by atoms with van der Waals surface area (Å²) in [5.74, 6) is 2.24. The molecule has 0 aromatic heterocycles. The van der Waals surface area contributed by atoms with Gasteiger partial charge in [-0.2, -0.15) is 0 Å². The second kappa shape index (κ2) is 5.85. The lowest BCUT2D eigenvalue weighted by molar-refractivity contribution is 0.117. The number of halogens is 1. The van der Waals surface area contributed by atoms with E-state index in [1.807, 2.05) is 12.1 Å². The lowest BCUT2D eigenvalue weighted by Crippen LogP contribution is -2.33. The van der Waals surface area contributed by atoms with Crippen LogP contribution in [0, 0.1) is 30.5 Å². The fourth-order valence-electron chi connectivity index (χ4n) is 4.32. The topological polar surface area (TPSA) is 26.0 Å². The molecule has 2 fully saturated rings. The molecule has 0 radical (unpaired) electrons. The second-order valence-corrected chi connectivity index (χ2v) is 6.91. The van der Waals surface area contributed by atoms with Gasteiger partial charge in [-0.25, -0.2) is 4.39 Å². The van der Waals surface area contributed by atoms with E-state index in [1.54, 1.807) is 13.0 Å². The highest BCUT2D eigenvalue weighted by molar-refractivity contribution is 5.26. The Bertz CT molecular complexity index is 470. The molecule has 1 aromatic carbocycles. The Morgan fingerprint density at radius 1 is 1.10 bits per heavy atom. The third-order valence-electron chi connectivity index (χ3n) is 5.67. The Labute approximate surface area is 121 Å². The monoisotopic (exact) mass is 275 g/mol. The quantitative estimate of drug-likeness (QED) is 0.829. The molecule has 4 atom stereocenters. The van der Waals surface area contributed by atoms with Gasteiger partial charge in [0.1, 0.15) is 5.82 Å². The van der Waals surface area contributed by atoms with Crippen LogP contribution in [-0.2, 0) is 0 Å². The van der Waals surface area contributed by atoms with Crippen LogP contribution in [0.2, 0.25) is 0 Å². The van der Waals surface area contributed by atoms with E-state index < -0.39 is 0 Å². The van der Waals surface area contributed by atoms with Crippen molar-refractivity contribution in [3.05, 3.63) is 35.1 Å². The van der Waals surface area contributed by atoms with E-state index in [0.29, 0.717) is 11.5 Å². The third-order valence-corrected chi connectivity index (χ3v) is 5.67. The molecule has 3 rings (SSSR count). The number of hydrogen-bond donors (Lipinski definition) is 1. The summed E-state index contributed by atoms with van der Waals surface area (Å²) in [6.07, 6.45) is 9.42. The lowest BCUT2D eigenvalue weighted by atomic mass is 9.65. The van der Waals surface area contributed by atoms with E-state index >= 15 is 0 Å². The van der Waals surface area contributed by atoms with Crippen molar-refractivity contribution < 1.29 is 4.39 Å². The zero-order valence-corrected chi connectivity index (χ0v) is 12.4. The highest BCUT2D eigenvalue weighted by Crippen LogP contribution is 2.45. The standard InChI is InChI=1S/C18H26FN/c1-12-6-7-16(11-17(12)19)18(20)15-9-8-13-4-2-3-5-14(13)10-15/h6-7,11,13-15,18H,2-5,8-10,20H2,1H3. The smallest absolute Gasteiger partial charge is 0.126 e. The van der Waals surface area contributed by atoms with Crippen LogP contribution in [0.1, 0.15) is 62.1 Å². The zero-order valence-electron chi connectivity index (χ0n) is 12.4. The normalized spacial score (nSPS) is 31.6. The van der Waals surface area contributed by atoms with E-state index in [1.165, 1.54) is 44.9 Å². The molecule has 110 valence electrons. The van der Waals surface area contributed by atoms with Gasteiger partial charge in [0.25, 0.3) is 0 Å². The molecule has 0 amide bonds. The largest absolute Gasteiger partial charge is 0.324 e. The summed E-state index contributed by atoms with van der Waals surface area (Å²) in [6, 6.07) is 5.52. The Kier molecular flexibility index (Phi) is 4.11. The molecule has 0 spiro atoms. The maximum atomic E-state index is 13.7. The molecule has 2 saturated carbocycles. The van der Waals surface area contributed by atoms with Crippen LogP contribution in [0.3, 0.4) is 0 Å². The maximum Gasteiger partial charge on any atom is 0.126 e. The van der Waals surface area contributed by atoms with Crippen LogP contribution >= 0.6 is 0 Å². The summed E-state index contributed by atoms with van der Waals surface area (Å²) >= 11 is 0. The molecule has 1 nitrogen and oxygen atoms in total. The first-order valence-corrected chi connectivity index (χ1v) is 8.17. The second-order valence-electron chi connectivity index (χ2n) is 6.91. The number of fused-ring (bicyclic) bond motifs is 1. The van der Waals surface area contributed by atoms with Gasteiger partial charge in [-0.15, -0.1) is 0 Å². The predicted molar refractivity (Wildman–Crippen MR) is 80.9 cm³/mol. The van der Waals surface area contributed by atoms with Gasteiger partial charge in [0, 0.05) is 6.04 Å². The highest BCUT2D eigenvalue weighted by atomic mass is 19.1. The Morgan fingerprint density at radius 2 is 1.85 bits per heavy atom. The van der Waals surface area contributed by atoms with E-state index in [9.17, 15) is 4.39 Å². The van der Waals surface area contributed by atoms with E-state index in [4.69, 9.17) is 5.73 Å². The van der Waals surface area contributed by atoms with Crippen molar-refractivity contribution in [1.82, 2.24) is 0 Å². The number of aryl methyl sites for hydroxylation is 1. The number of nitrogens with two attached hydrogens (primary N) is 1. The van der Waals surface area contributed by atoms with Gasteiger partial charge in [-0.3, -0.25) is 0 Å². The summed E-state index contributed by atoms with van der Waals surface area (Å²) in [6.45, 7) is 1.80. The first-order chi connectivity index (χ1) is 9.65. The molecule has 2 aliphatic carbocycles. The molecule has 2 heteroatoms. The van der Waals surface area contributed by atoms with E-state index in [2.05, 4.69) is 0 Å². The van der Waals surface area contributed by atoms with Crippen LogP contribution in [0.25, 0.3) is 0 Å².